The summed E-state index contributed by atoms with van der Waals surface area (Å²) in [5.41, 5.74) is 13.4. The smallest absolute Gasteiger partial charge is 0.160 e. The van der Waals surface area contributed by atoms with Gasteiger partial charge < -0.3 is 4.42 Å². The van der Waals surface area contributed by atoms with Crippen molar-refractivity contribution in [1.29, 1.82) is 0 Å². The van der Waals surface area contributed by atoms with Crippen molar-refractivity contribution in [2.75, 3.05) is 0 Å². The van der Waals surface area contributed by atoms with Gasteiger partial charge in [0.2, 0.25) is 0 Å². The van der Waals surface area contributed by atoms with Crippen molar-refractivity contribution < 1.29 is 4.42 Å². The number of fused-ring (bicyclic) bond motifs is 3. The van der Waals surface area contributed by atoms with Crippen LogP contribution >= 0.6 is 0 Å². The zero-order valence-electron chi connectivity index (χ0n) is 26.6. The fourth-order valence-corrected chi connectivity index (χ4v) is 6.59. The van der Waals surface area contributed by atoms with E-state index in [0.717, 1.165) is 77.8 Å². The number of benzene rings is 7. The average Bonchev–Trinajstić information content (AvgIpc) is 3.57. The fraction of sp³-hybridized carbons (Fsp3) is 0. The van der Waals surface area contributed by atoms with Gasteiger partial charge in [-0.3, -0.25) is 0 Å². The van der Waals surface area contributed by atoms with Crippen LogP contribution in [0.4, 0.5) is 0 Å². The molecule has 0 aliphatic heterocycles. The second-order valence-corrected chi connectivity index (χ2v) is 12.2. The van der Waals surface area contributed by atoms with Crippen LogP contribution in [0.25, 0.3) is 89.2 Å². The maximum absolute atomic E-state index is 6.16. The van der Waals surface area contributed by atoms with E-state index in [0.29, 0.717) is 5.82 Å². The van der Waals surface area contributed by atoms with Gasteiger partial charge >= 0.3 is 0 Å². The van der Waals surface area contributed by atoms with Crippen molar-refractivity contribution in [3.05, 3.63) is 182 Å². The molecule has 0 atom stereocenters. The molecule has 0 aliphatic rings. The Labute approximate surface area is 284 Å². The molecule has 0 bridgehead atoms. The Morgan fingerprint density at radius 1 is 0.286 bits per heavy atom. The summed E-state index contributed by atoms with van der Waals surface area (Å²) >= 11 is 0. The van der Waals surface area contributed by atoms with E-state index in [2.05, 4.69) is 146 Å². The summed E-state index contributed by atoms with van der Waals surface area (Å²) < 4.78 is 6.16. The lowest BCUT2D eigenvalue weighted by Gasteiger charge is -2.14. The Hall–Kier alpha value is -6.58. The molecule has 0 amide bonds. The maximum Gasteiger partial charge on any atom is 0.160 e. The Kier molecular flexibility index (Phi) is 7.14. The minimum Gasteiger partial charge on any atom is -0.456 e. The van der Waals surface area contributed by atoms with E-state index in [9.17, 15) is 0 Å². The van der Waals surface area contributed by atoms with Gasteiger partial charge in [-0.15, -0.1) is 0 Å². The molecule has 2 aromatic heterocycles. The quantitative estimate of drug-likeness (QED) is 0.184. The molecule has 0 saturated heterocycles. The molecule has 49 heavy (non-hydrogen) atoms. The van der Waals surface area contributed by atoms with Crippen molar-refractivity contribution in [2.45, 2.75) is 0 Å². The van der Waals surface area contributed by atoms with E-state index >= 15 is 0 Å². The molecule has 0 fully saturated rings. The van der Waals surface area contributed by atoms with Gasteiger partial charge in [0, 0.05) is 27.5 Å². The molecule has 0 spiro atoms. The first kappa shape index (κ1) is 28.6. The average molecular weight is 627 g/mol. The number of aromatic nitrogens is 2. The lowest BCUT2D eigenvalue weighted by Crippen LogP contribution is -1.96. The fourth-order valence-electron chi connectivity index (χ4n) is 6.59. The third-order valence-electron chi connectivity index (χ3n) is 9.07. The summed E-state index contributed by atoms with van der Waals surface area (Å²) in [5, 5.41) is 2.22. The number of hydrogen-bond acceptors (Lipinski definition) is 3. The number of para-hydroxylation sites is 1. The molecule has 7 aromatic carbocycles. The van der Waals surface area contributed by atoms with E-state index in [1.807, 2.05) is 36.4 Å². The molecule has 0 unspecified atom stereocenters. The second-order valence-electron chi connectivity index (χ2n) is 12.2. The van der Waals surface area contributed by atoms with Crippen LogP contribution in [0.2, 0.25) is 0 Å². The number of nitrogens with zero attached hydrogens (tertiary/aromatic N) is 2. The van der Waals surface area contributed by atoms with Crippen LogP contribution in [0, 0.1) is 0 Å². The first-order valence-electron chi connectivity index (χ1n) is 16.5. The van der Waals surface area contributed by atoms with Gasteiger partial charge in [0.1, 0.15) is 11.2 Å². The van der Waals surface area contributed by atoms with Crippen LogP contribution < -0.4 is 0 Å². The molecule has 2 heterocycles. The van der Waals surface area contributed by atoms with Gasteiger partial charge in [0.05, 0.1) is 11.4 Å². The zero-order chi connectivity index (χ0) is 32.6. The molecule has 0 aliphatic carbocycles. The molecule has 9 aromatic rings. The maximum atomic E-state index is 6.16. The van der Waals surface area contributed by atoms with Crippen LogP contribution in [-0.4, -0.2) is 9.97 Å². The summed E-state index contributed by atoms with van der Waals surface area (Å²) in [6.07, 6.45) is 0. The molecular formula is C46H30N2O. The van der Waals surface area contributed by atoms with Crippen molar-refractivity contribution in [3.63, 3.8) is 0 Å². The van der Waals surface area contributed by atoms with Crippen molar-refractivity contribution in [3.8, 4) is 67.3 Å². The number of furan rings is 1. The van der Waals surface area contributed by atoms with E-state index in [1.165, 1.54) is 5.56 Å². The van der Waals surface area contributed by atoms with Crippen molar-refractivity contribution in [1.82, 2.24) is 9.97 Å². The van der Waals surface area contributed by atoms with Gasteiger partial charge in [-0.05, 0) is 81.9 Å². The van der Waals surface area contributed by atoms with Crippen LogP contribution in [-0.2, 0) is 0 Å². The lowest BCUT2D eigenvalue weighted by atomic mass is 9.93. The van der Waals surface area contributed by atoms with Crippen LogP contribution in [0.15, 0.2) is 186 Å². The SMILES string of the molecule is c1ccc(-c2cccc(-c3cc(-c4cc(-c5ccccc5)cc(-c5ccc6oc7ccccc7c6c5)c4)nc(-c4ccccc4)n3)c2)cc1. The van der Waals surface area contributed by atoms with E-state index < -0.39 is 0 Å². The summed E-state index contributed by atoms with van der Waals surface area (Å²) in [5.74, 6) is 0.691. The highest BCUT2D eigenvalue weighted by atomic mass is 16.3. The normalized spacial score (nSPS) is 11.3. The first-order valence-corrected chi connectivity index (χ1v) is 16.5. The Morgan fingerprint density at radius 3 is 1.51 bits per heavy atom. The second kappa shape index (κ2) is 12.2. The van der Waals surface area contributed by atoms with E-state index in [4.69, 9.17) is 14.4 Å². The minimum atomic E-state index is 0.691. The molecule has 0 radical (unpaired) electrons. The van der Waals surface area contributed by atoms with Gasteiger partial charge in [0.15, 0.2) is 5.82 Å². The minimum absolute atomic E-state index is 0.691. The van der Waals surface area contributed by atoms with Gasteiger partial charge in [-0.1, -0.05) is 133 Å². The molecule has 9 rings (SSSR count). The predicted molar refractivity (Wildman–Crippen MR) is 202 cm³/mol. The van der Waals surface area contributed by atoms with Crippen LogP contribution in [0.5, 0.6) is 0 Å². The first-order chi connectivity index (χ1) is 24.2. The highest BCUT2D eigenvalue weighted by Crippen LogP contribution is 2.37. The van der Waals surface area contributed by atoms with E-state index in [-0.39, 0.29) is 0 Å². The number of hydrogen-bond donors (Lipinski definition) is 0. The Morgan fingerprint density at radius 2 is 0.776 bits per heavy atom. The third kappa shape index (κ3) is 5.58. The monoisotopic (exact) mass is 626 g/mol. The van der Waals surface area contributed by atoms with Gasteiger partial charge in [-0.25, -0.2) is 9.97 Å². The highest BCUT2D eigenvalue weighted by molar-refractivity contribution is 6.06. The zero-order valence-corrected chi connectivity index (χ0v) is 26.6. The molecule has 3 nitrogen and oxygen atoms in total. The van der Waals surface area contributed by atoms with Crippen molar-refractivity contribution >= 4 is 21.9 Å². The summed E-state index contributed by atoms with van der Waals surface area (Å²) in [6.45, 7) is 0. The van der Waals surface area contributed by atoms with Gasteiger partial charge in [0.25, 0.3) is 0 Å². The number of rotatable bonds is 6. The third-order valence-corrected chi connectivity index (χ3v) is 9.07. The predicted octanol–water partition coefficient (Wildman–Crippen LogP) is 12.4. The lowest BCUT2D eigenvalue weighted by molar-refractivity contribution is 0.669. The summed E-state index contributed by atoms with van der Waals surface area (Å²) in [6, 6.07) is 63.4. The standard InChI is InChI=1S/C46H30N2O/c1-4-13-31(14-5-1)34-19-12-20-36(25-34)42-30-43(48-46(47-42)33-17-8-3-9-18-33)39-27-37(32-15-6-2-7-16-32)26-38(28-39)35-23-24-45-41(29-35)40-21-10-11-22-44(40)49-45/h1-30H. The molecular weight excluding hydrogens is 597 g/mol. The van der Waals surface area contributed by atoms with Crippen LogP contribution in [0.1, 0.15) is 0 Å². The Balaban J connectivity index is 1.25. The van der Waals surface area contributed by atoms with Gasteiger partial charge in [-0.2, -0.15) is 0 Å². The molecule has 3 heteroatoms. The van der Waals surface area contributed by atoms with E-state index in [1.54, 1.807) is 0 Å². The molecule has 230 valence electrons. The molecule has 0 saturated carbocycles. The topological polar surface area (TPSA) is 38.9 Å². The van der Waals surface area contributed by atoms with Crippen LogP contribution in [0.3, 0.4) is 0 Å². The summed E-state index contributed by atoms with van der Waals surface area (Å²) in [4.78, 5) is 10.3. The molecule has 0 N–H and O–H groups in total. The largest absolute Gasteiger partial charge is 0.456 e. The Bertz CT molecular complexity index is 2590. The highest BCUT2D eigenvalue weighted by Gasteiger charge is 2.15. The van der Waals surface area contributed by atoms with Crippen molar-refractivity contribution in [2.24, 2.45) is 0 Å². The summed E-state index contributed by atoms with van der Waals surface area (Å²) in [7, 11) is 0.